The number of halogens is 1. The first kappa shape index (κ1) is 26.3. The minimum absolute atomic E-state index is 0.0289. The molecular formula is C32H32FN7O3. The Bertz CT molecular complexity index is 1880. The number of hydrogen-bond donors (Lipinski definition) is 0. The molecule has 3 aromatic heterocycles. The van der Waals surface area contributed by atoms with E-state index in [1.54, 1.807) is 26.4 Å². The maximum absolute atomic E-state index is 15.2. The van der Waals surface area contributed by atoms with Crippen LogP contribution in [0.25, 0.3) is 27.7 Å². The summed E-state index contributed by atoms with van der Waals surface area (Å²) in [7, 11) is 2.16. The number of ketones is 2. The number of piperidine rings is 1. The summed E-state index contributed by atoms with van der Waals surface area (Å²) in [6.45, 7) is 4.70. The molecule has 0 atom stereocenters. The van der Waals surface area contributed by atoms with Gasteiger partial charge in [0.2, 0.25) is 0 Å². The van der Waals surface area contributed by atoms with Crippen LogP contribution in [0.5, 0.6) is 0 Å². The average Bonchev–Trinajstić information content (AvgIpc) is 3.71. The number of hydrogen-bond acceptors (Lipinski definition) is 6. The van der Waals surface area contributed by atoms with E-state index in [2.05, 4.69) is 16.9 Å². The Morgan fingerprint density at radius 1 is 0.953 bits per heavy atom. The van der Waals surface area contributed by atoms with E-state index in [4.69, 9.17) is 5.10 Å². The van der Waals surface area contributed by atoms with Gasteiger partial charge >= 0.3 is 6.03 Å². The van der Waals surface area contributed by atoms with Gasteiger partial charge in [-0.05, 0) is 62.5 Å². The Balaban J connectivity index is 1.15. The summed E-state index contributed by atoms with van der Waals surface area (Å²) in [5, 5.41) is 5.29. The number of imidazole rings is 1. The largest absolute Gasteiger partial charge is 0.325 e. The molecule has 43 heavy (non-hydrogen) atoms. The highest BCUT2D eigenvalue weighted by Crippen LogP contribution is 2.41. The Labute approximate surface area is 247 Å². The molecule has 0 radical (unpaired) electrons. The van der Waals surface area contributed by atoms with Crippen LogP contribution >= 0.6 is 0 Å². The Morgan fingerprint density at radius 3 is 2.53 bits per heavy atom. The number of pyridine rings is 1. The number of Topliss-reactive ketones (excluding diaryl/α,β-unsaturated/α-hetero) is 2. The topological polar surface area (TPSA) is 96.0 Å². The third-order valence-electron chi connectivity index (χ3n) is 9.86. The minimum atomic E-state index is -0.475. The van der Waals surface area contributed by atoms with Crippen LogP contribution in [0.3, 0.4) is 0 Å². The lowest BCUT2D eigenvalue weighted by atomic mass is 9.78. The molecule has 6 heterocycles. The van der Waals surface area contributed by atoms with Gasteiger partial charge in [-0.3, -0.25) is 18.7 Å². The molecule has 3 aliphatic heterocycles. The van der Waals surface area contributed by atoms with Gasteiger partial charge in [-0.2, -0.15) is 5.10 Å². The van der Waals surface area contributed by atoms with Crippen LogP contribution < -0.4 is 0 Å². The van der Waals surface area contributed by atoms with Gasteiger partial charge in [0.1, 0.15) is 17.2 Å². The molecule has 1 aromatic carbocycles. The van der Waals surface area contributed by atoms with Crippen LogP contribution in [0.2, 0.25) is 0 Å². The van der Waals surface area contributed by atoms with Gasteiger partial charge < -0.3 is 14.7 Å². The fraction of sp³-hybridized carbons (Fsp3) is 0.406. The highest BCUT2D eigenvalue weighted by molar-refractivity contribution is 6.51. The molecule has 4 aromatic rings. The third-order valence-corrected chi connectivity index (χ3v) is 9.86. The molecule has 1 spiro atoms. The standard InChI is InChI=1S/C32H32FN7O3/c1-36-9-5-32(19-36)6-10-37(11-7-32)31(43)38-12-13-40-30-20(18-38)14-21(33)15-22(30)29(35-40)28-25(42)16-24(41)27(28)23-17-34-26-4-2-3-8-39(23)26/h2-4,8,14-15,17H,5-7,9-13,16,18-19H2,1H3. The highest BCUT2D eigenvalue weighted by Gasteiger charge is 2.41. The maximum atomic E-state index is 15.2. The van der Waals surface area contributed by atoms with E-state index < -0.39 is 5.82 Å². The van der Waals surface area contributed by atoms with Gasteiger partial charge in [0.25, 0.3) is 0 Å². The normalized spacial score (nSPS) is 20.8. The van der Waals surface area contributed by atoms with Gasteiger partial charge in [-0.15, -0.1) is 0 Å². The predicted octanol–water partition coefficient (Wildman–Crippen LogP) is 3.63. The van der Waals surface area contributed by atoms with E-state index in [1.807, 2.05) is 23.1 Å². The SMILES string of the molecule is CN1CCC2(CCN(C(=O)N3CCn4nc(C5=C(c6cnc7ccccn67)C(=O)CC5=O)c5cc(F)cc(c54)C3)CC2)C1. The van der Waals surface area contributed by atoms with E-state index in [-0.39, 0.29) is 41.7 Å². The van der Waals surface area contributed by atoms with Gasteiger partial charge in [0, 0.05) is 49.9 Å². The number of fused-ring (bicyclic) bond motifs is 1. The zero-order chi connectivity index (χ0) is 29.5. The van der Waals surface area contributed by atoms with Crippen molar-refractivity contribution in [3.05, 3.63) is 65.5 Å². The molecule has 4 aliphatic rings. The van der Waals surface area contributed by atoms with Crippen LogP contribution in [0.1, 0.15) is 42.6 Å². The number of aromatic nitrogens is 4. The lowest BCUT2D eigenvalue weighted by Crippen LogP contribution is -2.49. The van der Waals surface area contributed by atoms with Crippen molar-refractivity contribution in [1.29, 1.82) is 0 Å². The van der Waals surface area contributed by atoms with Crippen LogP contribution in [-0.4, -0.2) is 91.2 Å². The van der Waals surface area contributed by atoms with Crippen LogP contribution in [0, 0.1) is 11.2 Å². The van der Waals surface area contributed by atoms with Crippen LogP contribution in [0.15, 0.2) is 42.7 Å². The number of urea groups is 1. The third kappa shape index (κ3) is 4.12. The number of likely N-dealkylation sites (tertiary alicyclic amines) is 2. The van der Waals surface area contributed by atoms with Gasteiger partial charge in [-0.1, -0.05) is 6.07 Å². The van der Waals surface area contributed by atoms with Gasteiger partial charge in [0.05, 0.1) is 41.5 Å². The lowest BCUT2D eigenvalue weighted by Gasteiger charge is -2.41. The Morgan fingerprint density at radius 2 is 1.74 bits per heavy atom. The zero-order valence-electron chi connectivity index (χ0n) is 24.1. The van der Waals surface area contributed by atoms with E-state index in [0.29, 0.717) is 52.0 Å². The number of amides is 2. The van der Waals surface area contributed by atoms with Gasteiger partial charge in [-0.25, -0.2) is 14.2 Å². The number of allylic oxidation sites excluding steroid dienone is 2. The second kappa shape index (κ2) is 9.57. The maximum Gasteiger partial charge on any atom is 0.320 e. The average molecular weight is 582 g/mol. The zero-order valence-corrected chi connectivity index (χ0v) is 24.1. The monoisotopic (exact) mass is 581 g/mol. The molecule has 220 valence electrons. The van der Waals surface area contributed by atoms with Crippen molar-refractivity contribution in [3.63, 3.8) is 0 Å². The van der Waals surface area contributed by atoms with Crippen molar-refractivity contribution >= 4 is 45.3 Å². The summed E-state index contributed by atoms with van der Waals surface area (Å²) in [6, 6.07) is 8.32. The number of nitrogens with zero attached hydrogens (tertiary/aromatic N) is 7. The Kier molecular flexibility index (Phi) is 5.84. The highest BCUT2D eigenvalue weighted by atomic mass is 19.1. The molecule has 0 saturated carbocycles. The molecule has 0 bridgehead atoms. The summed E-state index contributed by atoms with van der Waals surface area (Å²) < 4.78 is 18.8. The summed E-state index contributed by atoms with van der Waals surface area (Å²) >= 11 is 0. The Hall–Kier alpha value is -4.38. The van der Waals surface area contributed by atoms with Crippen LogP contribution in [-0.2, 0) is 22.7 Å². The molecular weight excluding hydrogens is 549 g/mol. The van der Waals surface area contributed by atoms with Gasteiger partial charge in [0.15, 0.2) is 11.6 Å². The number of carbonyl (C=O) groups excluding carboxylic acids is 3. The lowest BCUT2D eigenvalue weighted by molar-refractivity contribution is -0.119. The fourth-order valence-electron chi connectivity index (χ4n) is 7.68. The van der Waals surface area contributed by atoms with E-state index in [9.17, 15) is 14.4 Å². The van der Waals surface area contributed by atoms with Crippen molar-refractivity contribution in [2.75, 3.05) is 39.8 Å². The minimum Gasteiger partial charge on any atom is -0.325 e. The predicted molar refractivity (Wildman–Crippen MR) is 157 cm³/mol. The molecule has 2 fully saturated rings. The first-order valence-electron chi connectivity index (χ1n) is 15.0. The molecule has 8 rings (SSSR count). The van der Waals surface area contributed by atoms with Crippen molar-refractivity contribution in [2.45, 2.75) is 38.8 Å². The first-order valence-corrected chi connectivity index (χ1v) is 15.0. The second-order valence-corrected chi connectivity index (χ2v) is 12.6. The first-order chi connectivity index (χ1) is 20.8. The quantitative estimate of drug-likeness (QED) is 0.336. The number of rotatable bonds is 2. The van der Waals surface area contributed by atoms with E-state index in [0.717, 1.165) is 39.0 Å². The molecule has 0 unspecified atom stereocenters. The molecule has 2 amide bonds. The smallest absolute Gasteiger partial charge is 0.320 e. The van der Waals surface area contributed by atoms with Crippen LogP contribution in [0.4, 0.5) is 9.18 Å². The summed E-state index contributed by atoms with van der Waals surface area (Å²) in [5.41, 5.74) is 3.56. The van der Waals surface area contributed by atoms with Crippen molar-refractivity contribution in [1.82, 2.24) is 33.9 Å². The van der Waals surface area contributed by atoms with E-state index in [1.165, 1.54) is 18.6 Å². The molecule has 0 N–H and O–H groups in total. The molecule has 11 heteroatoms. The fourth-order valence-corrected chi connectivity index (χ4v) is 7.68. The molecule has 2 saturated heterocycles. The van der Waals surface area contributed by atoms with Crippen molar-refractivity contribution in [3.8, 4) is 0 Å². The van der Waals surface area contributed by atoms with Crippen molar-refractivity contribution < 1.29 is 18.8 Å². The second-order valence-electron chi connectivity index (χ2n) is 12.6. The summed E-state index contributed by atoms with van der Waals surface area (Å²) in [6.07, 6.45) is 6.31. The van der Waals surface area contributed by atoms with E-state index >= 15 is 4.39 Å². The van der Waals surface area contributed by atoms with Crippen molar-refractivity contribution in [2.24, 2.45) is 5.41 Å². The molecule has 10 nitrogen and oxygen atoms in total. The number of benzene rings is 1. The molecule has 1 aliphatic carbocycles. The summed E-state index contributed by atoms with van der Waals surface area (Å²) in [5.74, 6) is -1.12. The number of carbonyl (C=O) groups is 3. The summed E-state index contributed by atoms with van der Waals surface area (Å²) in [4.78, 5) is 50.8.